The fourth-order valence-corrected chi connectivity index (χ4v) is 1.01. The van der Waals surface area contributed by atoms with Crippen LogP contribution in [0, 0.1) is 5.92 Å². The Bertz CT molecular complexity index is 117. The van der Waals surface area contributed by atoms with E-state index in [9.17, 15) is 0 Å². The Labute approximate surface area is 69.5 Å². The van der Waals surface area contributed by atoms with E-state index in [4.69, 9.17) is 5.73 Å². The molecule has 0 aromatic carbocycles. The molecule has 0 aliphatic heterocycles. The number of hydrogen-bond donors (Lipinski definition) is 2. The van der Waals surface area contributed by atoms with Gasteiger partial charge >= 0.3 is 0 Å². The van der Waals surface area contributed by atoms with Gasteiger partial charge < -0.3 is 11.1 Å². The van der Waals surface area contributed by atoms with Gasteiger partial charge in [0, 0.05) is 12.1 Å². The highest BCUT2D eigenvalue weighted by atomic mass is 14.9. The number of hydrogen-bond acceptors (Lipinski definition) is 2. The van der Waals surface area contributed by atoms with Gasteiger partial charge in [-0.2, -0.15) is 0 Å². The first-order valence-electron chi connectivity index (χ1n) is 4.63. The molecule has 0 aromatic rings. The van der Waals surface area contributed by atoms with Crippen LogP contribution in [0.15, 0.2) is 0 Å². The Kier molecular flexibility index (Phi) is 2.90. The van der Waals surface area contributed by atoms with Gasteiger partial charge in [-0.1, -0.05) is 6.92 Å². The van der Waals surface area contributed by atoms with Crippen LogP contribution in [0.3, 0.4) is 0 Å². The van der Waals surface area contributed by atoms with Crippen molar-refractivity contribution in [3.05, 3.63) is 0 Å². The third kappa shape index (κ3) is 3.73. The van der Waals surface area contributed by atoms with Crippen LogP contribution in [-0.2, 0) is 0 Å². The summed E-state index contributed by atoms with van der Waals surface area (Å²) in [6.07, 6.45) is 3.88. The number of nitrogens with two attached hydrogens (primary N) is 1. The SMILES string of the molecule is CCC(C)(N)CNCC1CC1. The van der Waals surface area contributed by atoms with E-state index in [1.807, 2.05) is 0 Å². The predicted molar refractivity (Wildman–Crippen MR) is 48.5 cm³/mol. The largest absolute Gasteiger partial charge is 0.324 e. The van der Waals surface area contributed by atoms with Crippen LogP contribution in [0.2, 0.25) is 0 Å². The second-order valence-corrected chi connectivity index (χ2v) is 4.08. The van der Waals surface area contributed by atoms with Crippen molar-refractivity contribution in [1.29, 1.82) is 0 Å². The molecule has 1 rings (SSSR count). The molecule has 11 heavy (non-hydrogen) atoms. The summed E-state index contributed by atoms with van der Waals surface area (Å²) in [5, 5.41) is 3.41. The molecule has 2 heteroatoms. The van der Waals surface area contributed by atoms with Gasteiger partial charge in [0.15, 0.2) is 0 Å². The smallest absolute Gasteiger partial charge is 0.0249 e. The van der Waals surface area contributed by atoms with Gasteiger partial charge in [-0.25, -0.2) is 0 Å². The zero-order valence-electron chi connectivity index (χ0n) is 7.69. The first-order chi connectivity index (χ1) is 5.14. The van der Waals surface area contributed by atoms with Gasteiger partial charge in [0.05, 0.1) is 0 Å². The highest BCUT2D eigenvalue weighted by Crippen LogP contribution is 2.27. The van der Waals surface area contributed by atoms with E-state index < -0.39 is 0 Å². The maximum atomic E-state index is 5.96. The summed E-state index contributed by atoms with van der Waals surface area (Å²) in [6.45, 7) is 6.37. The average Bonchev–Trinajstić information content (AvgIpc) is 2.71. The lowest BCUT2D eigenvalue weighted by Crippen LogP contribution is -2.45. The molecule has 0 spiro atoms. The number of nitrogens with one attached hydrogen (secondary N) is 1. The van der Waals surface area contributed by atoms with Crippen LogP contribution < -0.4 is 11.1 Å². The Hall–Kier alpha value is -0.0800. The van der Waals surface area contributed by atoms with Crippen molar-refractivity contribution in [2.24, 2.45) is 11.7 Å². The van der Waals surface area contributed by atoms with E-state index in [-0.39, 0.29) is 5.54 Å². The molecule has 0 amide bonds. The molecule has 1 aliphatic carbocycles. The average molecular weight is 156 g/mol. The molecule has 2 nitrogen and oxygen atoms in total. The lowest BCUT2D eigenvalue weighted by molar-refractivity contribution is 0.412. The van der Waals surface area contributed by atoms with Crippen molar-refractivity contribution >= 4 is 0 Å². The maximum absolute atomic E-state index is 5.96. The maximum Gasteiger partial charge on any atom is 0.0249 e. The lowest BCUT2D eigenvalue weighted by atomic mass is 10.0. The quantitative estimate of drug-likeness (QED) is 0.626. The van der Waals surface area contributed by atoms with Crippen molar-refractivity contribution in [3.63, 3.8) is 0 Å². The topological polar surface area (TPSA) is 38.0 Å². The van der Waals surface area contributed by atoms with E-state index in [2.05, 4.69) is 19.2 Å². The molecule has 0 saturated heterocycles. The van der Waals surface area contributed by atoms with Crippen LogP contribution in [0.5, 0.6) is 0 Å². The molecule has 66 valence electrons. The Morgan fingerprint density at radius 3 is 2.64 bits per heavy atom. The summed E-state index contributed by atoms with van der Waals surface area (Å²) in [6, 6.07) is 0. The minimum Gasteiger partial charge on any atom is -0.324 e. The molecule has 3 N–H and O–H groups in total. The second kappa shape index (κ2) is 3.55. The van der Waals surface area contributed by atoms with Gasteiger partial charge in [-0.05, 0) is 38.6 Å². The molecule has 1 atom stereocenters. The lowest BCUT2D eigenvalue weighted by Gasteiger charge is -2.22. The fourth-order valence-electron chi connectivity index (χ4n) is 1.01. The summed E-state index contributed by atoms with van der Waals surface area (Å²) in [5.74, 6) is 0.961. The number of rotatable bonds is 5. The van der Waals surface area contributed by atoms with Crippen LogP contribution in [0.4, 0.5) is 0 Å². The fraction of sp³-hybridized carbons (Fsp3) is 1.00. The summed E-state index contributed by atoms with van der Waals surface area (Å²) in [5.41, 5.74) is 5.96. The van der Waals surface area contributed by atoms with E-state index in [1.165, 1.54) is 19.4 Å². The molecule has 1 aliphatic rings. The second-order valence-electron chi connectivity index (χ2n) is 4.08. The van der Waals surface area contributed by atoms with Gasteiger partial charge in [0.25, 0.3) is 0 Å². The predicted octanol–water partition coefficient (Wildman–Crippen LogP) is 1.11. The third-order valence-electron chi connectivity index (χ3n) is 2.47. The van der Waals surface area contributed by atoms with Gasteiger partial charge in [-0.3, -0.25) is 0 Å². The van der Waals surface area contributed by atoms with Gasteiger partial charge in [0.1, 0.15) is 0 Å². The molecular formula is C9H20N2. The summed E-state index contributed by atoms with van der Waals surface area (Å²) in [7, 11) is 0. The van der Waals surface area contributed by atoms with Crippen LogP contribution in [-0.4, -0.2) is 18.6 Å². The zero-order chi connectivity index (χ0) is 8.32. The molecule has 1 fully saturated rings. The van der Waals surface area contributed by atoms with E-state index in [1.54, 1.807) is 0 Å². The highest BCUT2D eigenvalue weighted by molar-refractivity contribution is 4.82. The van der Waals surface area contributed by atoms with E-state index >= 15 is 0 Å². The summed E-state index contributed by atoms with van der Waals surface area (Å²) in [4.78, 5) is 0. The molecule has 0 aromatic heterocycles. The van der Waals surface area contributed by atoms with Crippen molar-refractivity contribution in [2.75, 3.05) is 13.1 Å². The first kappa shape index (κ1) is 9.01. The molecule has 0 bridgehead atoms. The molecule has 0 radical (unpaired) electrons. The third-order valence-corrected chi connectivity index (χ3v) is 2.47. The van der Waals surface area contributed by atoms with Crippen LogP contribution in [0.1, 0.15) is 33.1 Å². The van der Waals surface area contributed by atoms with Crippen LogP contribution >= 0.6 is 0 Å². The van der Waals surface area contributed by atoms with E-state index in [0.717, 1.165) is 18.9 Å². The summed E-state index contributed by atoms with van der Waals surface area (Å²) < 4.78 is 0. The normalized spacial score (nSPS) is 23.2. The highest BCUT2D eigenvalue weighted by Gasteiger charge is 2.22. The Balaban J connectivity index is 1.99. The Morgan fingerprint density at radius 1 is 1.55 bits per heavy atom. The van der Waals surface area contributed by atoms with Gasteiger partial charge in [-0.15, -0.1) is 0 Å². The summed E-state index contributed by atoms with van der Waals surface area (Å²) >= 11 is 0. The zero-order valence-corrected chi connectivity index (χ0v) is 7.69. The Morgan fingerprint density at radius 2 is 2.18 bits per heavy atom. The standard InChI is InChI=1S/C9H20N2/c1-3-9(2,10)7-11-6-8-4-5-8/h8,11H,3-7,10H2,1-2H3. The monoisotopic (exact) mass is 156 g/mol. The molecule has 0 heterocycles. The van der Waals surface area contributed by atoms with Crippen molar-refractivity contribution in [3.8, 4) is 0 Å². The van der Waals surface area contributed by atoms with Crippen molar-refractivity contribution in [2.45, 2.75) is 38.6 Å². The molecular weight excluding hydrogens is 136 g/mol. The van der Waals surface area contributed by atoms with E-state index in [0.29, 0.717) is 0 Å². The minimum atomic E-state index is -0.00507. The first-order valence-corrected chi connectivity index (χ1v) is 4.63. The van der Waals surface area contributed by atoms with Gasteiger partial charge in [0.2, 0.25) is 0 Å². The molecule has 1 unspecified atom stereocenters. The van der Waals surface area contributed by atoms with Crippen molar-refractivity contribution in [1.82, 2.24) is 5.32 Å². The minimum absolute atomic E-state index is 0.00507. The molecule has 1 saturated carbocycles. The van der Waals surface area contributed by atoms with Crippen molar-refractivity contribution < 1.29 is 0 Å². The van der Waals surface area contributed by atoms with Crippen LogP contribution in [0.25, 0.3) is 0 Å².